The number of nitrogen functional groups attached to an aromatic ring is 1. The van der Waals surface area contributed by atoms with E-state index in [1.807, 2.05) is 0 Å². The molecule has 0 saturated heterocycles. The number of thioether (sulfide) groups is 1. The first-order chi connectivity index (χ1) is 8.65. The monoisotopic (exact) mass is 269 g/mol. The lowest BCUT2D eigenvalue weighted by molar-refractivity contribution is -0.119. The van der Waals surface area contributed by atoms with Crippen LogP contribution in [0.1, 0.15) is 32.6 Å². The van der Waals surface area contributed by atoms with Crippen LogP contribution in [0.25, 0.3) is 0 Å². The molecule has 1 aromatic heterocycles. The smallest absolute Gasteiger partial charge is 0.230 e. The molecule has 0 aliphatic heterocycles. The molecule has 1 fully saturated rings. The number of rotatable bonds is 4. The summed E-state index contributed by atoms with van der Waals surface area (Å²) in [4.78, 5) is 15.7. The normalized spacial score (nSPS) is 23.8. The average molecular weight is 269 g/mol. The highest BCUT2D eigenvalue weighted by atomic mass is 32.2. The van der Waals surface area contributed by atoms with E-state index in [0.29, 0.717) is 22.9 Å². The van der Waals surface area contributed by atoms with Gasteiger partial charge in [0.15, 0.2) is 0 Å². The number of anilines is 1. The van der Waals surface area contributed by atoms with E-state index in [0.717, 1.165) is 6.42 Å². The molecule has 1 heterocycles. The molecule has 1 saturated carbocycles. The number of H-pyrrole nitrogens is 1. The van der Waals surface area contributed by atoms with Crippen molar-refractivity contribution in [2.75, 3.05) is 11.5 Å². The number of aromatic nitrogens is 3. The number of carbonyl (C=O) groups is 1. The molecule has 6 nitrogen and oxygen atoms in total. The van der Waals surface area contributed by atoms with Crippen molar-refractivity contribution in [3.8, 4) is 0 Å². The molecule has 100 valence electrons. The molecule has 0 radical (unpaired) electrons. The summed E-state index contributed by atoms with van der Waals surface area (Å²) >= 11 is 1.29. The van der Waals surface area contributed by atoms with Crippen molar-refractivity contribution in [1.29, 1.82) is 0 Å². The number of nitrogens with two attached hydrogens (primary N) is 1. The number of nitrogens with one attached hydrogen (secondary N) is 2. The molecule has 0 aromatic carbocycles. The maximum atomic E-state index is 11.8. The number of amides is 1. The minimum Gasteiger partial charge on any atom is -0.368 e. The van der Waals surface area contributed by atoms with Gasteiger partial charge in [-0.05, 0) is 18.8 Å². The van der Waals surface area contributed by atoms with E-state index in [2.05, 4.69) is 27.4 Å². The van der Waals surface area contributed by atoms with Gasteiger partial charge in [-0.15, -0.1) is 5.10 Å². The lowest BCUT2D eigenvalue weighted by Gasteiger charge is -2.29. The Hall–Kier alpha value is -1.24. The summed E-state index contributed by atoms with van der Waals surface area (Å²) < 4.78 is 0. The molecule has 1 aliphatic rings. The number of nitrogens with zero attached hydrogens (tertiary/aromatic N) is 2. The summed E-state index contributed by atoms with van der Waals surface area (Å²) in [5, 5.41) is 10.0. The number of carbonyl (C=O) groups excluding carboxylic acids is 1. The van der Waals surface area contributed by atoms with Gasteiger partial charge in [-0.2, -0.15) is 4.98 Å². The second-order valence-electron chi connectivity index (χ2n) is 4.73. The SMILES string of the molecule is CC1CCCCC1NC(=O)CSc1n[nH]c(N)n1. The standard InChI is InChI=1S/C11H19N5OS/c1-7-4-2-3-5-8(7)13-9(17)6-18-11-14-10(12)15-16-11/h7-8H,2-6H2,1H3,(H,13,17)(H3,12,14,15,16). The molecule has 2 rings (SSSR count). The second-order valence-corrected chi connectivity index (χ2v) is 5.67. The van der Waals surface area contributed by atoms with Gasteiger partial charge in [-0.1, -0.05) is 31.5 Å². The summed E-state index contributed by atoms with van der Waals surface area (Å²) in [6.45, 7) is 2.20. The van der Waals surface area contributed by atoms with Crippen LogP contribution >= 0.6 is 11.8 Å². The zero-order valence-corrected chi connectivity index (χ0v) is 11.3. The van der Waals surface area contributed by atoms with Crippen LogP contribution in [-0.2, 0) is 4.79 Å². The number of hydrogen-bond acceptors (Lipinski definition) is 5. The van der Waals surface area contributed by atoms with Crippen LogP contribution in [-0.4, -0.2) is 32.9 Å². The van der Waals surface area contributed by atoms with Crippen LogP contribution in [0.15, 0.2) is 5.16 Å². The maximum absolute atomic E-state index is 11.8. The lowest BCUT2D eigenvalue weighted by atomic mass is 9.86. The van der Waals surface area contributed by atoms with Crippen LogP contribution in [0.2, 0.25) is 0 Å². The largest absolute Gasteiger partial charge is 0.368 e. The number of hydrogen-bond donors (Lipinski definition) is 3. The predicted octanol–water partition coefficient (Wildman–Crippen LogP) is 1.17. The van der Waals surface area contributed by atoms with Crippen LogP contribution in [0, 0.1) is 5.92 Å². The third-order valence-electron chi connectivity index (χ3n) is 3.27. The fourth-order valence-corrected chi connectivity index (χ4v) is 2.85. The molecule has 18 heavy (non-hydrogen) atoms. The average Bonchev–Trinajstić information content (AvgIpc) is 2.76. The third-order valence-corrected chi connectivity index (χ3v) is 4.12. The molecular formula is C11H19N5OS. The van der Waals surface area contributed by atoms with Crippen molar-refractivity contribution in [3.63, 3.8) is 0 Å². The number of aromatic amines is 1. The molecule has 1 amide bonds. The molecule has 1 aliphatic carbocycles. The van der Waals surface area contributed by atoms with Gasteiger partial charge in [-0.25, -0.2) is 5.10 Å². The fourth-order valence-electron chi connectivity index (χ4n) is 2.23. The van der Waals surface area contributed by atoms with Crippen molar-refractivity contribution < 1.29 is 4.79 Å². The van der Waals surface area contributed by atoms with Gasteiger partial charge in [-0.3, -0.25) is 4.79 Å². The highest BCUT2D eigenvalue weighted by molar-refractivity contribution is 7.99. The molecule has 0 bridgehead atoms. The molecule has 4 N–H and O–H groups in total. The summed E-state index contributed by atoms with van der Waals surface area (Å²) in [6, 6.07) is 0.323. The Morgan fingerprint density at radius 1 is 1.56 bits per heavy atom. The van der Waals surface area contributed by atoms with Crippen LogP contribution in [0.3, 0.4) is 0 Å². The van der Waals surface area contributed by atoms with Gasteiger partial charge in [0.25, 0.3) is 0 Å². The Labute approximate surface area is 111 Å². The molecular weight excluding hydrogens is 250 g/mol. The van der Waals surface area contributed by atoms with E-state index in [1.54, 1.807) is 0 Å². The lowest BCUT2D eigenvalue weighted by Crippen LogP contribution is -2.41. The summed E-state index contributed by atoms with van der Waals surface area (Å²) in [6.07, 6.45) is 4.78. The quantitative estimate of drug-likeness (QED) is 0.713. The first kappa shape index (κ1) is 13.2. The van der Waals surface area contributed by atoms with Crippen LogP contribution in [0.5, 0.6) is 0 Å². The molecule has 2 atom stereocenters. The first-order valence-electron chi connectivity index (χ1n) is 6.25. The van der Waals surface area contributed by atoms with Gasteiger partial charge in [0.05, 0.1) is 5.75 Å². The molecule has 0 spiro atoms. The fraction of sp³-hybridized carbons (Fsp3) is 0.727. The van der Waals surface area contributed by atoms with Crippen molar-refractivity contribution >= 4 is 23.6 Å². The van der Waals surface area contributed by atoms with Gasteiger partial charge < -0.3 is 11.1 Å². The van der Waals surface area contributed by atoms with Gasteiger partial charge in [0.1, 0.15) is 0 Å². The zero-order valence-electron chi connectivity index (χ0n) is 10.5. The van der Waals surface area contributed by atoms with Crippen molar-refractivity contribution in [3.05, 3.63) is 0 Å². The molecule has 7 heteroatoms. The zero-order chi connectivity index (χ0) is 13.0. The van der Waals surface area contributed by atoms with Gasteiger partial charge in [0.2, 0.25) is 17.0 Å². The first-order valence-corrected chi connectivity index (χ1v) is 7.24. The summed E-state index contributed by atoms with van der Waals surface area (Å²) in [7, 11) is 0. The Morgan fingerprint density at radius 3 is 3.00 bits per heavy atom. The van der Waals surface area contributed by atoms with Crippen LogP contribution < -0.4 is 11.1 Å². The van der Waals surface area contributed by atoms with E-state index < -0.39 is 0 Å². The van der Waals surface area contributed by atoms with E-state index in [-0.39, 0.29) is 11.9 Å². The predicted molar refractivity (Wildman–Crippen MR) is 71.1 cm³/mol. The maximum Gasteiger partial charge on any atom is 0.230 e. The van der Waals surface area contributed by atoms with E-state index in [9.17, 15) is 4.79 Å². The highest BCUT2D eigenvalue weighted by Gasteiger charge is 2.22. The third kappa shape index (κ3) is 3.63. The van der Waals surface area contributed by atoms with E-state index >= 15 is 0 Å². The van der Waals surface area contributed by atoms with Crippen LogP contribution in [0.4, 0.5) is 5.95 Å². The van der Waals surface area contributed by atoms with Crippen molar-refractivity contribution in [2.24, 2.45) is 5.92 Å². The highest BCUT2D eigenvalue weighted by Crippen LogP contribution is 2.23. The Balaban J connectivity index is 1.74. The minimum atomic E-state index is 0.0436. The molecule has 1 aromatic rings. The Kier molecular flexibility index (Phi) is 4.46. The summed E-state index contributed by atoms with van der Waals surface area (Å²) in [5.41, 5.74) is 5.41. The Morgan fingerprint density at radius 2 is 2.33 bits per heavy atom. The van der Waals surface area contributed by atoms with Gasteiger partial charge in [0, 0.05) is 6.04 Å². The van der Waals surface area contributed by atoms with E-state index in [4.69, 9.17) is 5.73 Å². The van der Waals surface area contributed by atoms with Crippen molar-refractivity contribution in [2.45, 2.75) is 43.8 Å². The second kappa shape index (κ2) is 6.08. The minimum absolute atomic E-state index is 0.0436. The van der Waals surface area contributed by atoms with Gasteiger partial charge >= 0.3 is 0 Å². The molecule has 2 unspecified atom stereocenters. The summed E-state index contributed by atoms with van der Waals surface area (Å²) in [5.74, 6) is 1.23. The van der Waals surface area contributed by atoms with Crippen molar-refractivity contribution in [1.82, 2.24) is 20.5 Å². The Bertz CT molecular complexity index is 408. The van der Waals surface area contributed by atoms with E-state index in [1.165, 1.54) is 31.0 Å². The topological polar surface area (TPSA) is 96.7 Å².